The number of allylic oxidation sites excluding steroid dienone is 1. The second kappa shape index (κ2) is 6.97. The van der Waals surface area contributed by atoms with Gasteiger partial charge in [0.1, 0.15) is 5.60 Å². The second-order valence-electron chi connectivity index (χ2n) is 11.4. The molecule has 6 rings (SSSR count). The number of carbonyl (C=O) groups is 1. The minimum atomic E-state index is -0.875. The average molecular weight is 430 g/mol. The van der Waals surface area contributed by atoms with Gasteiger partial charge in [-0.3, -0.25) is 4.79 Å². The van der Waals surface area contributed by atoms with Gasteiger partial charge in [-0.1, -0.05) is 17.6 Å². The number of anilines is 1. The predicted molar refractivity (Wildman–Crippen MR) is 127 cm³/mol. The zero-order valence-electron chi connectivity index (χ0n) is 19.7. The number of benzene rings is 1. The first-order valence-corrected chi connectivity index (χ1v) is 12.6. The van der Waals surface area contributed by atoms with Crippen LogP contribution in [0.15, 0.2) is 29.8 Å². The van der Waals surface area contributed by atoms with E-state index in [1.807, 2.05) is 13.0 Å². The highest BCUT2D eigenvalue weighted by atomic mass is 16.3. The Hall–Kier alpha value is -2.05. The lowest BCUT2D eigenvalue weighted by atomic mass is 9.43. The molecule has 1 unspecified atom stereocenters. The van der Waals surface area contributed by atoms with E-state index in [1.165, 1.54) is 28.8 Å². The van der Waals surface area contributed by atoms with Crippen molar-refractivity contribution in [1.82, 2.24) is 0 Å². The van der Waals surface area contributed by atoms with E-state index < -0.39 is 5.60 Å². The van der Waals surface area contributed by atoms with Crippen LogP contribution in [0.5, 0.6) is 0 Å². The van der Waals surface area contributed by atoms with Crippen LogP contribution < -0.4 is 4.90 Å². The third-order valence-electron chi connectivity index (χ3n) is 10.0. The molecule has 168 valence electrons. The van der Waals surface area contributed by atoms with Gasteiger partial charge in [-0.05, 0) is 111 Å². The van der Waals surface area contributed by atoms with Gasteiger partial charge in [0, 0.05) is 31.6 Å². The van der Waals surface area contributed by atoms with Crippen LogP contribution in [0.2, 0.25) is 0 Å². The van der Waals surface area contributed by atoms with Crippen molar-refractivity contribution in [3.8, 4) is 11.8 Å². The van der Waals surface area contributed by atoms with Crippen LogP contribution in [-0.4, -0.2) is 30.6 Å². The Morgan fingerprint density at radius 3 is 2.75 bits per heavy atom. The molecule has 1 N–H and O–H groups in total. The van der Waals surface area contributed by atoms with Crippen molar-refractivity contribution in [2.75, 3.05) is 19.0 Å². The molecule has 1 aromatic rings. The normalized spacial score (nSPS) is 41.3. The molecule has 0 aliphatic heterocycles. The van der Waals surface area contributed by atoms with Crippen molar-refractivity contribution in [2.24, 2.45) is 29.1 Å². The van der Waals surface area contributed by atoms with Gasteiger partial charge < -0.3 is 10.0 Å². The molecule has 0 radical (unpaired) electrons. The maximum Gasteiger partial charge on any atom is 0.155 e. The molecule has 32 heavy (non-hydrogen) atoms. The van der Waals surface area contributed by atoms with Gasteiger partial charge in [0.2, 0.25) is 0 Å². The molecule has 3 saturated carbocycles. The standard InChI is InChI=1S/C29H35NO2/c1-4-12-29(32)13-11-26-24-8-5-18-15-21(31)7-10-23(18)27(24)25-17-28(26,29)16-19-14-20(30(2)3)6-9-22(19)25/h6,9,14-15,23-27,32H,5,7-8,10-11,13,16-17H2,1-3H3/t23-,24-,25-,26-,27+,28?,29-/m0/s1. The molecule has 0 aromatic heterocycles. The van der Waals surface area contributed by atoms with Gasteiger partial charge in [-0.2, -0.15) is 0 Å². The second-order valence-corrected chi connectivity index (χ2v) is 11.4. The number of ketones is 1. The summed E-state index contributed by atoms with van der Waals surface area (Å²) in [5.41, 5.74) is 4.59. The smallest absolute Gasteiger partial charge is 0.155 e. The van der Waals surface area contributed by atoms with Gasteiger partial charge in [0.05, 0.1) is 0 Å². The van der Waals surface area contributed by atoms with Crippen molar-refractivity contribution in [3.63, 3.8) is 0 Å². The highest BCUT2D eigenvalue weighted by Gasteiger charge is 2.68. The molecule has 5 aliphatic rings. The largest absolute Gasteiger partial charge is 0.378 e. The summed E-state index contributed by atoms with van der Waals surface area (Å²) in [4.78, 5) is 14.4. The van der Waals surface area contributed by atoms with E-state index in [4.69, 9.17) is 0 Å². The zero-order chi connectivity index (χ0) is 22.3. The van der Waals surface area contributed by atoms with Crippen molar-refractivity contribution in [3.05, 3.63) is 41.0 Å². The summed E-state index contributed by atoms with van der Waals surface area (Å²) >= 11 is 0. The molecule has 1 spiro atoms. The van der Waals surface area contributed by atoms with Crippen LogP contribution in [0.1, 0.15) is 68.9 Å². The summed E-state index contributed by atoms with van der Waals surface area (Å²) in [6.07, 6.45) is 9.87. The highest BCUT2D eigenvalue weighted by molar-refractivity contribution is 5.91. The van der Waals surface area contributed by atoms with Crippen LogP contribution in [0.4, 0.5) is 5.69 Å². The highest BCUT2D eigenvalue weighted by Crippen LogP contribution is 2.71. The predicted octanol–water partition coefficient (Wildman–Crippen LogP) is 4.88. The molecule has 3 heteroatoms. The third-order valence-corrected chi connectivity index (χ3v) is 10.0. The summed E-state index contributed by atoms with van der Waals surface area (Å²) in [6.45, 7) is 1.88. The molecular formula is C29H35NO2. The minimum absolute atomic E-state index is 0.133. The fraction of sp³-hybridized carbons (Fsp3) is 0.621. The van der Waals surface area contributed by atoms with E-state index >= 15 is 0 Å². The average Bonchev–Trinajstić information content (AvgIpc) is 3.04. The number of carbonyl (C=O) groups excluding carboxylic acids is 1. The fourth-order valence-electron chi connectivity index (χ4n) is 8.89. The molecule has 3 fully saturated rings. The summed E-state index contributed by atoms with van der Waals surface area (Å²) < 4.78 is 0. The molecule has 5 aliphatic carbocycles. The lowest BCUT2D eigenvalue weighted by Gasteiger charge is -2.61. The van der Waals surface area contributed by atoms with Crippen molar-refractivity contribution < 1.29 is 9.90 Å². The maximum absolute atomic E-state index is 12.2. The first-order valence-electron chi connectivity index (χ1n) is 12.6. The van der Waals surface area contributed by atoms with Crippen LogP contribution in [0.25, 0.3) is 0 Å². The van der Waals surface area contributed by atoms with E-state index in [0.29, 0.717) is 41.8 Å². The van der Waals surface area contributed by atoms with Gasteiger partial charge >= 0.3 is 0 Å². The van der Waals surface area contributed by atoms with Crippen molar-refractivity contribution in [2.45, 2.75) is 69.8 Å². The van der Waals surface area contributed by atoms with Crippen LogP contribution in [0.3, 0.4) is 0 Å². The van der Waals surface area contributed by atoms with E-state index in [-0.39, 0.29) is 5.41 Å². The summed E-state index contributed by atoms with van der Waals surface area (Å²) in [7, 11) is 4.21. The first kappa shape index (κ1) is 20.5. The number of fused-ring (bicyclic) bond motifs is 8. The molecular weight excluding hydrogens is 394 g/mol. The Bertz CT molecular complexity index is 1070. The Labute approximate surface area is 192 Å². The van der Waals surface area contributed by atoms with Gasteiger partial charge in [0.15, 0.2) is 5.78 Å². The number of hydrogen-bond donors (Lipinski definition) is 1. The van der Waals surface area contributed by atoms with Crippen LogP contribution in [-0.2, 0) is 11.2 Å². The van der Waals surface area contributed by atoms with Gasteiger partial charge in [0.25, 0.3) is 0 Å². The van der Waals surface area contributed by atoms with E-state index in [1.54, 1.807) is 0 Å². The van der Waals surface area contributed by atoms with Crippen LogP contribution in [0, 0.1) is 40.9 Å². The van der Waals surface area contributed by atoms with E-state index in [2.05, 4.69) is 49.0 Å². The molecule has 3 nitrogen and oxygen atoms in total. The van der Waals surface area contributed by atoms with E-state index in [9.17, 15) is 9.90 Å². The number of aliphatic hydroxyl groups is 1. The fourth-order valence-corrected chi connectivity index (χ4v) is 8.89. The molecule has 2 bridgehead atoms. The van der Waals surface area contributed by atoms with E-state index in [0.717, 1.165) is 38.5 Å². The third kappa shape index (κ3) is 2.62. The number of rotatable bonds is 1. The molecule has 0 amide bonds. The Morgan fingerprint density at radius 2 is 1.97 bits per heavy atom. The molecule has 0 saturated heterocycles. The lowest BCUT2D eigenvalue weighted by Crippen LogP contribution is -2.59. The van der Waals surface area contributed by atoms with Crippen LogP contribution >= 0.6 is 0 Å². The molecule has 1 aromatic carbocycles. The van der Waals surface area contributed by atoms with Crippen molar-refractivity contribution in [1.29, 1.82) is 0 Å². The molecule has 0 heterocycles. The van der Waals surface area contributed by atoms with Gasteiger partial charge in [-0.25, -0.2) is 0 Å². The number of hydrogen-bond acceptors (Lipinski definition) is 3. The minimum Gasteiger partial charge on any atom is -0.378 e. The Kier molecular flexibility index (Phi) is 4.48. The zero-order valence-corrected chi connectivity index (χ0v) is 19.7. The lowest BCUT2D eigenvalue weighted by molar-refractivity contribution is -0.120. The summed E-state index contributed by atoms with van der Waals surface area (Å²) in [5.74, 6) is 9.53. The first-order chi connectivity index (χ1) is 15.4. The number of nitrogens with zero attached hydrogens (tertiary/aromatic N) is 1. The quantitative estimate of drug-likeness (QED) is 0.647. The van der Waals surface area contributed by atoms with Gasteiger partial charge in [-0.15, -0.1) is 5.92 Å². The Morgan fingerprint density at radius 1 is 1.12 bits per heavy atom. The SMILES string of the molecule is CC#C[C@]1(O)CC[C@H]2[C@@H]3CCC4=CC(=O)CC[C@@H]4[C@H]3[C@H]3CC21Cc1cc(N(C)C)ccc13. The van der Waals surface area contributed by atoms with Crippen molar-refractivity contribution >= 4 is 11.5 Å². The topological polar surface area (TPSA) is 40.5 Å². The molecule has 7 atom stereocenters. The summed E-state index contributed by atoms with van der Waals surface area (Å²) in [5, 5.41) is 12.0. The monoisotopic (exact) mass is 429 g/mol. The Balaban J connectivity index is 1.54. The maximum atomic E-state index is 12.2. The summed E-state index contributed by atoms with van der Waals surface area (Å²) in [6, 6.07) is 7.03.